The zero-order valence-corrected chi connectivity index (χ0v) is 15.3. The van der Waals surface area contributed by atoms with E-state index in [4.69, 9.17) is 0 Å². The van der Waals surface area contributed by atoms with Crippen molar-refractivity contribution < 1.29 is 8.78 Å². The molecule has 0 spiro atoms. The van der Waals surface area contributed by atoms with Crippen LogP contribution in [0.1, 0.15) is 31.8 Å². The Labute approximate surface area is 148 Å². The molecule has 1 aromatic heterocycles. The van der Waals surface area contributed by atoms with Gasteiger partial charge in [-0.1, -0.05) is 25.7 Å². The van der Waals surface area contributed by atoms with Crippen LogP contribution in [0.5, 0.6) is 0 Å². The molecule has 0 saturated heterocycles. The summed E-state index contributed by atoms with van der Waals surface area (Å²) in [6, 6.07) is 1.87. The van der Waals surface area contributed by atoms with E-state index < -0.39 is 5.83 Å². The Morgan fingerprint density at radius 2 is 2.04 bits per heavy atom. The lowest BCUT2D eigenvalue weighted by Gasteiger charge is -2.27. The van der Waals surface area contributed by atoms with Crippen molar-refractivity contribution in [2.75, 3.05) is 18.5 Å². The number of aromatic nitrogens is 2. The molecule has 1 N–H and O–H groups in total. The van der Waals surface area contributed by atoms with Gasteiger partial charge in [0, 0.05) is 24.0 Å². The lowest BCUT2D eigenvalue weighted by atomic mass is 10.1. The minimum absolute atomic E-state index is 0.0717. The lowest BCUT2D eigenvalue weighted by Crippen LogP contribution is -2.30. The third kappa shape index (κ3) is 6.87. The van der Waals surface area contributed by atoms with Gasteiger partial charge in [-0.15, -0.1) is 0 Å². The first-order chi connectivity index (χ1) is 11.9. The zero-order chi connectivity index (χ0) is 18.8. The van der Waals surface area contributed by atoms with E-state index >= 15 is 0 Å². The number of hydrogen-bond acceptors (Lipinski definition) is 4. The highest BCUT2D eigenvalue weighted by molar-refractivity contribution is 5.40. The molecular weight excluding hydrogens is 322 g/mol. The van der Waals surface area contributed by atoms with Crippen LogP contribution in [0.4, 0.5) is 14.6 Å². The standard InChI is InChI=1S/C19H26F2N4/c1-6-10-25(13-22-19-11-14(3)23-16(5)24-19)15(4)17(7-2)8-9-18(21)12-20/h7-9,11-12H,4,6,10,13H2,1-3,5H3,(H,22,23,24)/b9-8-,17-7+,18-12-. The molecule has 0 amide bonds. The summed E-state index contributed by atoms with van der Waals surface area (Å²) in [6.07, 6.45) is 5.25. The molecule has 0 aliphatic heterocycles. The van der Waals surface area contributed by atoms with Crippen LogP contribution in [-0.4, -0.2) is 28.1 Å². The second-order valence-electron chi connectivity index (χ2n) is 5.56. The molecule has 0 aliphatic carbocycles. The van der Waals surface area contributed by atoms with Gasteiger partial charge in [0.15, 0.2) is 5.83 Å². The van der Waals surface area contributed by atoms with Gasteiger partial charge in [0.05, 0.1) is 6.67 Å². The quantitative estimate of drug-likeness (QED) is 0.505. The molecule has 4 nitrogen and oxygen atoms in total. The maximum atomic E-state index is 13.0. The van der Waals surface area contributed by atoms with Gasteiger partial charge < -0.3 is 10.2 Å². The summed E-state index contributed by atoms with van der Waals surface area (Å²) in [6.45, 7) is 13.0. The lowest BCUT2D eigenvalue weighted by molar-refractivity contribution is 0.376. The fourth-order valence-corrected chi connectivity index (χ4v) is 2.31. The molecule has 0 radical (unpaired) electrons. The number of nitrogens with zero attached hydrogens (tertiary/aromatic N) is 3. The van der Waals surface area contributed by atoms with Crippen LogP contribution < -0.4 is 5.32 Å². The Morgan fingerprint density at radius 3 is 2.60 bits per heavy atom. The molecule has 1 heterocycles. The number of anilines is 1. The summed E-state index contributed by atoms with van der Waals surface area (Å²) < 4.78 is 25.1. The molecule has 1 rings (SSSR count). The van der Waals surface area contributed by atoms with Crippen molar-refractivity contribution in [2.45, 2.75) is 34.1 Å². The molecule has 0 aromatic carbocycles. The van der Waals surface area contributed by atoms with E-state index in [0.717, 1.165) is 41.8 Å². The number of nitrogens with one attached hydrogen (secondary N) is 1. The number of rotatable bonds is 9. The summed E-state index contributed by atoms with van der Waals surface area (Å²) >= 11 is 0. The van der Waals surface area contributed by atoms with Crippen molar-refractivity contribution in [1.82, 2.24) is 14.9 Å². The third-order valence-corrected chi connectivity index (χ3v) is 3.46. The van der Waals surface area contributed by atoms with Gasteiger partial charge >= 0.3 is 0 Å². The Hall–Kier alpha value is -2.50. The zero-order valence-electron chi connectivity index (χ0n) is 15.3. The van der Waals surface area contributed by atoms with E-state index in [2.05, 4.69) is 28.8 Å². The van der Waals surface area contributed by atoms with Crippen LogP contribution in [0, 0.1) is 13.8 Å². The van der Waals surface area contributed by atoms with Crippen molar-refractivity contribution in [3.8, 4) is 0 Å². The molecular formula is C19H26F2N4. The van der Waals surface area contributed by atoms with Crippen LogP contribution >= 0.6 is 0 Å². The highest BCUT2D eigenvalue weighted by Gasteiger charge is 2.10. The van der Waals surface area contributed by atoms with Gasteiger partial charge in [0.1, 0.15) is 18.0 Å². The second-order valence-corrected chi connectivity index (χ2v) is 5.56. The molecule has 0 bridgehead atoms. The molecule has 0 fully saturated rings. The molecule has 0 aliphatic rings. The summed E-state index contributed by atoms with van der Waals surface area (Å²) in [7, 11) is 0. The predicted molar refractivity (Wildman–Crippen MR) is 99.3 cm³/mol. The maximum absolute atomic E-state index is 13.0. The van der Waals surface area contributed by atoms with Gasteiger partial charge in [0.2, 0.25) is 0 Å². The minimum Gasteiger partial charge on any atom is -0.354 e. The number of allylic oxidation sites excluding steroid dienone is 4. The smallest absolute Gasteiger partial charge is 0.151 e. The molecule has 136 valence electrons. The summed E-state index contributed by atoms with van der Waals surface area (Å²) in [4.78, 5) is 10.6. The monoisotopic (exact) mass is 348 g/mol. The Kier molecular flexibility index (Phi) is 8.53. The number of hydrogen-bond donors (Lipinski definition) is 1. The van der Waals surface area contributed by atoms with E-state index in [1.54, 1.807) is 0 Å². The third-order valence-electron chi connectivity index (χ3n) is 3.46. The van der Waals surface area contributed by atoms with Crippen LogP contribution in [0.2, 0.25) is 0 Å². The van der Waals surface area contributed by atoms with Gasteiger partial charge in [-0.25, -0.2) is 18.7 Å². The Bertz CT molecular complexity index is 658. The van der Waals surface area contributed by atoms with E-state index in [1.165, 1.54) is 6.08 Å². The van der Waals surface area contributed by atoms with Crippen molar-refractivity contribution in [3.05, 3.63) is 65.8 Å². The summed E-state index contributed by atoms with van der Waals surface area (Å²) in [5.41, 5.74) is 2.34. The fourth-order valence-electron chi connectivity index (χ4n) is 2.31. The minimum atomic E-state index is -0.931. The first-order valence-corrected chi connectivity index (χ1v) is 8.21. The van der Waals surface area contributed by atoms with E-state index in [-0.39, 0.29) is 6.33 Å². The van der Waals surface area contributed by atoms with Crippen LogP contribution in [-0.2, 0) is 0 Å². The largest absolute Gasteiger partial charge is 0.354 e. The van der Waals surface area contributed by atoms with E-state index in [9.17, 15) is 8.78 Å². The van der Waals surface area contributed by atoms with Crippen LogP contribution in [0.25, 0.3) is 0 Å². The highest BCUT2D eigenvalue weighted by Crippen LogP contribution is 2.17. The fraction of sp³-hybridized carbons (Fsp3) is 0.368. The molecule has 0 saturated carbocycles. The molecule has 6 heteroatoms. The predicted octanol–water partition coefficient (Wildman–Crippen LogP) is 4.97. The second kappa shape index (κ2) is 10.4. The van der Waals surface area contributed by atoms with E-state index in [0.29, 0.717) is 12.5 Å². The van der Waals surface area contributed by atoms with Crippen LogP contribution in [0.3, 0.4) is 0 Å². The van der Waals surface area contributed by atoms with Crippen molar-refractivity contribution in [2.24, 2.45) is 0 Å². The van der Waals surface area contributed by atoms with E-state index in [1.807, 2.05) is 37.8 Å². The summed E-state index contributed by atoms with van der Waals surface area (Å²) in [5.74, 6) is 0.510. The highest BCUT2D eigenvalue weighted by atomic mass is 19.2. The van der Waals surface area contributed by atoms with Crippen LogP contribution in [0.15, 0.2) is 54.3 Å². The van der Waals surface area contributed by atoms with Crippen molar-refractivity contribution in [3.63, 3.8) is 0 Å². The van der Waals surface area contributed by atoms with Gasteiger partial charge in [-0.05, 0) is 38.8 Å². The number of aryl methyl sites for hydroxylation is 2. The average molecular weight is 348 g/mol. The van der Waals surface area contributed by atoms with Gasteiger partial charge in [-0.2, -0.15) is 0 Å². The maximum Gasteiger partial charge on any atom is 0.151 e. The average Bonchev–Trinajstić information content (AvgIpc) is 2.57. The topological polar surface area (TPSA) is 41.0 Å². The van der Waals surface area contributed by atoms with Crippen molar-refractivity contribution >= 4 is 5.82 Å². The normalized spacial score (nSPS) is 12.6. The molecule has 0 atom stereocenters. The van der Waals surface area contributed by atoms with Crippen molar-refractivity contribution in [1.29, 1.82) is 0 Å². The molecule has 1 aromatic rings. The number of halogens is 2. The first-order valence-electron chi connectivity index (χ1n) is 8.21. The Morgan fingerprint density at radius 1 is 1.32 bits per heavy atom. The van der Waals surface area contributed by atoms with Gasteiger partial charge in [-0.3, -0.25) is 0 Å². The molecule has 25 heavy (non-hydrogen) atoms. The van der Waals surface area contributed by atoms with Gasteiger partial charge in [0.25, 0.3) is 0 Å². The SMILES string of the molecule is C=C(C(/C=C\C(F)=C\F)=C/C)N(CCC)CNc1cc(C)nc(C)n1. The molecule has 0 unspecified atom stereocenters. The Balaban J connectivity index is 2.86. The first kappa shape index (κ1) is 20.5. The summed E-state index contributed by atoms with van der Waals surface area (Å²) in [5, 5.41) is 3.26.